The van der Waals surface area contributed by atoms with E-state index in [0.717, 1.165) is 38.5 Å². The van der Waals surface area contributed by atoms with E-state index in [4.69, 9.17) is 28.4 Å². The smallest absolute Gasteiger partial charge is 0.187 e. The summed E-state index contributed by atoms with van der Waals surface area (Å²) in [6, 6.07) is 0. The van der Waals surface area contributed by atoms with Crippen molar-refractivity contribution in [3.63, 3.8) is 0 Å². The molecule has 25 unspecified atom stereocenters. The Morgan fingerprint density at radius 2 is 1.35 bits per heavy atom. The molecule has 13 N–H and O–H groups in total. The average molecular weight is 949 g/mol. The Morgan fingerprint density at radius 1 is 0.712 bits per heavy atom. The van der Waals surface area contributed by atoms with E-state index in [1.807, 2.05) is 6.92 Å². The molecule has 0 aromatic rings. The molecule has 3 saturated carbocycles. The van der Waals surface area contributed by atoms with Gasteiger partial charge in [-0.25, -0.2) is 0 Å². The lowest BCUT2D eigenvalue weighted by Gasteiger charge is -2.66. The van der Waals surface area contributed by atoms with Gasteiger partial charge in [0.1, 0.15) is 79.4 Å². The molecule has 0 aromatic carbocycles. The van der Waals surface area contributed by atoms with Crippen LogP contribution in [0.25, 0.3) is 0 Å². The summed E-state index contributed by atoms with van der Waals surface area (Å²) >= 11 is 0. The van der Waals surface area contributed by atoms with Crippen LogP contribution < -0.4 is 0 Å². The van der Waals surface area contributed by atoms with E-state index < -0.39 is 141 Å². The van der Waals surface area contributed by atoms with Crippen molar-refractivity contribution in [1.29, 1.82) is 0 Å². The fraction of sp³-hybridized carbons (Fsp3) is 0.957. The van der Waals surface area contributed by atoms with Crippen LogP contribution in [0, 0.1) is 45.3 Å². The van der Waals surface area contributed by atoms with Crippen LogP contribution in [0.2, 0.25) is 0 Å². The number of fused-ring (bicyclic) bond motifs is 5. The highest BCUT2D eigenvalue weighted by Gasteiger charge is 2.68. The van der Waals surface area contributed by atoms with Gasteiger partial charge in [0.25, 0.3) is 0 Å². The minimum Gasteiger partial charge on any atom is -0.394 e. The summed E-state index contributed by atoms with van der Waals surface area (Å²) in [5.41, 5.74) is -1.27. The Hall–Kier alpha value is -1.02. The lowest BCUT2D eigenvalue weighted by Crippen LogP contribution is -2.65. The number of aliphatic hydroxyl groups excluding tert-OH is 12. The van der Waals surface area contributed by atoms with E-state index in [0.29, 0.717) is 12.3 Å². The first-order chi connectivity index (χ1) is 30.6. The summed E-state index contributed by atoms with van der Waals surface area (Å²) in [6.07, 6.45) is -18.8. The van der Waals surface area contributed by atoms with Crippen molar-refractivity contribution in [3.8, 4) is 0 Å². The minimum absolute atomic E-state index is 0.0742. The van der Waals surface area contributed by atoms with E-state index >= 15 is 0 Å². The first-order valence-electron chi connectivity index (χ1n) is 24.0. The van der Waals surface area contributed by atoms with Crippen molar-refractivity contribution in [3.05, 3.63) is 11.6 Å². The molecule has 7 aliphatic rings. The van der Waals surface area contributed by atoms with Gasteiger partial charge in [-0.1, -0.05) is 53.2 Å². The van der Waals surface area contributed by atoms with Crippen LogP contribution in [0.4, 0.5) is 0 Å². The SMILES string of the molecule is CC(C(O)C(O)C(O)C(C)(C)O)C1CCC2(C)C3CC=C4C(CCC(OC5OC(COC6OC(CO)C(O)C(O)C6O)C(OC6OCC(O)C(O)C6O)C(O)C5O)C4(C)C)C3(C)CCC12C. The van der Waals surface area contributed by atoms with Crippen molar-refractivity contribution in [2.24, 2.45) is 45.3 Å². The first-order valence-corrected chi connectivity index (χ1v) is 24.0. The van der Waals surface area contributed by atoms with Crippen LogP contribution >= 0.6 is 0 Å². The summed E-state index contributed by atoms with van der Waals surface area (Å²) in [5, 5.41) is 139. The summed E-state index contributed by atoms with van der Waals surface area (Å²) in [5.74, 6) is 0.252. The summed E-state index contributed by atoms with van der Waals surface area (Å²) < 4.78 is 35.7. The molecule has 66 heavy (non-hydrogen) atoms. The maximum Gasteiger partial charge on any atom is 0.187 e. The third kappa shape index (κ3) is 8.89. The van der Waals surface area contributed by atoms with Crippen molar-refractivity contribution >= 4 is 0 Å². The molecular weight excluding hydrogens is 868 g/mol. The molecule has 19 heteroatoms. The van der Waals surface area contributed by atoms with E-state index in [-0.39, 0.29) is 34.0 Å². The van der Waals surface area contributed by atoms with E-state index in [2.05, 4.69) is 40.7 Å². The number of aliphatic hydroxyl groups is 13. The van der Waals surface area contributed by atoms with Gasteiger partial charge in [0.15, 0.2) is 18.9 Å². The summed E-state index contributed by atoms with van der Waals surface area (Å²) in [7, 11) is 0. The van der Waals surface area contributed by atoms with Gasteiger partial charge in [-0.2, -0.15) is 0 Å². The van der Waals surface area contributed by atoms with Gasteiger partial charge in [0, 0.05) is 5.41 Å². The number of rotatable bonds is 13. The lowest BCUT2D eigenvalue weighted by atomic mass is 9.39. The molecular formula is C47H80O19. The zero-order valence-electron chi connectivity index (χ0n) is 39.6. The first kappa shape index (κ1) is 52.8. The van der Waals surface area contributed by atoms with Crippen LogP contribution in [-0.2, 0) is 28.4 Å². The van der Waals surface area contributed by atoms with Gasteiger partial charge in [0.2, 0.25) is 0 Å². The Bertz CT molecular complexity index is 1690. The van der Waals surface area contributed by atoms with Crippen LogP contribution in [0.1, 0.15) is 100 Å². The second kappa shape index (κ2) is 19.2. The molecule has 0 spiro atoms. The summed E-state index contributed by atoms with van der Waals surface area (Å²) in [4.78, 5) is 0. The lowest BCUT2D eigenvalue weighted by molar-refractivity contribution is -0.366. The number of allylic oxidation sites excluding steroid dienone is 1. The fourth-order valence-electron chi connectivity index (χ4n) is 13.9. The summed E-state index contributed by atoms with van der Waals surface area (Å²) in [6.45, 7) is 14.5. The van der Waals surface area contributed by atoms with Crippen molar-refractivity contribution in [2.45, 2.75) is 216 Å². The third-order valence-electron chi connectivity index (χ3n) is 18.4. The average Bonchev–Trinajstić information content (AvgIpc) is 3.54. The van der Waals surface area contributed by atoms with Crippen molar-refractivity contribution in [1.82, 2.24) is 0 Å². The molecule has 7 rings (SSSR count). The van der Waals surface area contributed by atoms with Crippen LogP contribution in [0.3, 0.4) is 0 Å². The number of ether oxygens (including phenoxy) is 6. The maximum absolute atomic E-state index is 11.7. The molecule has 3 aliphatic heterocycles. The Balaban J connectivity index is 1.08. The van der Waals surface area contributed by atoms with E-state index in [9.17, 15) is 66.4 Å². The van der Waals surface area contributed by atoms with Crippen molar-refractivity contribution in [2.75, 3.05) is 19.8 Å². The highest BCUT2D eigenvalue weighted by Crippen LogP contribution is 2.75. The highest BCUT2D eigenvalue weighted by atomic mass is 16.8. The van der Waals surface area contributed by atoms with Gasteiger partial charge in [0.05, 0.1) is 37.6 Å². The molecule has 0 aromatic heterocycles. The van der Waals surface area contributed by atoms with Gasteiger partial charge in [-0.05, 0) is 98.7 Å². The second-order valence-electron chi connectivity index (χ2n) is 22.8. The quantitative estimate of drug-likeness (QED) is 0.0940. The predicted octanol–water partition coefficient (Wildman–Crippen LogP) is -1.45. The molecule has 0 bridgehead atoms. The Kier molecular flexibility index (Phi) is 15.4. The molecule has 19 nitrogen and oxygen atoms in total. The number of hydrogen-bond acceptors (Lipinski definition) is 19. The highest BCUT2D eigenvalue weighted by molar-refractivity contribution is 5.30. The zero-order valence-corrected chi connectivity index (χ0v) is 39.6. The molecule has 25 atom stereocenters. The molecule has 0 amide bonds. The zero-order chi connectivity index (χ0) is 48.8. The van der Waals surface area contributed by atoms with E-state index in [1.165, 1.54) is 19.4 Å². The monoisotopic (exact) mass is 949 g/mol. The fourth-order valence-corrected chi connectivity index (χ4v) is 13.9. The third-order valence-corrected chi connectivity index (χ3v) is 18.4. The topological polar surface area (TPSA) is 318 Å². The molecule has 4 aliphatic carbocycles. The maximum atomic E-state index is 11.7. The largest absolute Gasteiger partial charge is 0.394 e. The number of hydrogen-bond donors (Lipinski definition) is 13. The van der Waals surface area contributed by atoms with E-state index in [1.54, 1.807) is 0 Å². The van der Waals surface area contributed by atoms with Crippen LogP contribution in [-0.4, -0.2) is 202 Å². The van der Waals surface area contributed by atoms with Gasteiger partial charge in [-0.15, -0.1) is 0 Å². The standard InChI is InChI=1S/C47H80O19/c1-20(29(50)34(55)39(59)44(4,5)60)21-13-14-47(8)27-11-9-22-23(45(27,6)15-16-46(21,47)7)10-12-28(43(22,2)3)65-42-37(58)33(54)38(66-41-35(56)30(51)24(49)18-61-41)26(64-42)19-62-40-36(57)32(53)31(52)25(17-48)63-40/h9,20-21,23-42,48-60H,10-19H2,1-8H3. The molecule has 3 heterocycles. The van der Waals surface area contributed by atoms with Gasteiger partial charge in [-0.3, -0.25) is 0 Å². The van der Waals surface area contributed by atoms with Gasteiger partial charge < -0.3 is 94.8 Å². The Labute approximate surface area is 387 Å². The molecule has 382 valence electrons. The van der Waals surface area contributed by atoms with Crippen LogP contribution in [0.15, 0.2) is 11.6 Å². The minimum atomic E-state index is -1.76. The molecule has 0 radical (unpaired) electrons. The Morgan fingerprint density at radius 3 is 2.00 bits per heavy atom. The predicted molar refractivity (Wildman–Crippen MR) is 230 cm³/mol. The van der Waals surface area contributed by atoms with Crippen LogP contribution in [0.5, 0.6) is 0 Å². The second-order valence-corrected chi connectivity index (χ2v) is 22.8. The van der Waals surface area contributed by atoms with Crippen molar-refractivity contribution < 1.29 is 94.8 Å². The van der Waals surface area contributed by atoms with Gasteiger partial charge >= 0.3 is 0 Å². The molecule has 3 saturated heterocycles. The normalized spacial score (nSPS) is 50.3. The molecule has 6 fully saturated rings.